The number of amides is 1. The molecular weight excluding hydrogens is 162 g/mol. The van der Waals surface area contributed by atoms with Gasteiger partial charge < -0.3 is 5.32 Å². The van der Waals surface area contributed by atoms with Gasteiger partial charge >= 0.3 is 0 Å². The average Bonchev–Trinajstić information content (AvgIpc) is 2.16. The predicted molar refractivity (Wildman–Crippen MR) is 56.5 cm³/mol. The average molecular weight is 181 g/mol. The molecule has 1 N–H and O–H groups in total. The van der Waals surface area contributed by atoms with Crippen molar-refractivity contribution < 1.29 is 4.79 Å². The Kier molecular flexibility index (Phi) is 8.31. The molecule has 0 aromatic carbocycles. The van der Waals surface area contributed by atoms with Crippen molar-refractivity contribution in [3.63, 3.8) is 0 Å². The highest BCUT2D eigenvalue weighted by Gasteiger charge is 1.84. The molecule has 0 spiro atoms. The molecule has 0 aliphatic heterocycles. The molecule has 0 atom stereocenters. The molecule has 0 radical (unpaired) electrons. The van der Waals surface area contributed by atoms with Gasteiger partial charge in [0.05, 0.1) is 0 Å². The first-order chi connectivity index (χ1) is 6.31. The number of allylic oxidation sites excluding steroid dienone is 3. The van der Waals surface area contributed by atoms with Gasteiger partial charge in [0.1, 0.15) is 0 Å². The summed E-state index contributed by atoms with van der Waals surface area (Å²) in [6.07, 6.45) is 12.2. The third-order valence-corrected chi connectivity index (χ3v) is 1.72. The molecule has 0 aromatic rings. The minimum absolute atomic E-state index is 0.0572. The standard InChI is InChI=1S/C11H19NO/c1-3-4-5-6-7-8-9-10-11(13)12-2/h7-10H,3-6H2,1-2H3,(H,12,13). The van der Waals surface area contributed by atoms with Crippen molar-refractivity contribution in [2.24, 2.45) is 0 Å². The fraction of sp³-hybridized carbons (Fsp3) is 0.545. The van der Waals surface area contributed by atoms with E-state index in [1.54, 1.807) is 13.1 Å². The fourth-order valence-electron chi connectivity index (χ4n) is 0.913. The molecule has 0 aliphatic rings. The summed E-state index contributed by atoms with van der Waals surface area (Å²) in [5.41, 5.74) is 0. The zero-order chi connectivity index (χ0) is 9.94. The molecule has 2 heteroatoms. The van der Waals surface area contributed by atoms with Crippen molar-refractivity contribution in [3.05, 3.63) is 24.3 Å². The second-order valence-electron chi connectivity index (χ2n) is 2.90. The zero-order valence-corrected chi connectivity index (χ0v) is 8.55. The van der Waals surface area contributed by atoms with Crippen molar-refractivity contribution >= 4 is 5.91 Å². The summed E-state index contributed by atoms with van der Waals surface area (Å²) in [5.74, 6) is -0.0572. The van der Waals surface area contributed by atoms with Crippen LogP contribution in [0, 0.1) is 0 Å². The van der Waals surface area contributed by atoms with E-state index in [4.69, 9.17) is 0 Å². The van der Waals surface area contributed by atoms with E-state index < -0.39 is 0 Å². The maximum Gasteiger partial charge on any atom is 0.243 e. The molecular formula is C11H19NO. The van der Waals surface area contributed by atoms with Gasteiger partial charge in [0.15, 0.2) is 0 Å². The predicted octanol–water partition coefficient (Wildman–Crippen LogP) is 2.43. The number of carbonyl (C=O) groups is 1. The Balaban J connectivity index is 3.40. The van der Waals surface area contributed by atoms with Gasteiger partial charge in [-0.05, 0) is 12.8 Å². The van der Waals surface area contributed by atoms with Crippen LogP contribution in [0.3, 0.4) is 0 Å². The van der Waals surface area contributed by atoms with Crippen molar-refractivity contribution in [1.29, 1.82) is 0 Å². The van der Waals surface area contributed by atoms with Crippen LogP contribution >= 0.6 is 0 Å². The van der Waals surface area contributed by atoms with Gasteiger partial charge in [0.2, 0.25) is 5.91 Å². The van der Waals surface area contributed by atoms with Gasteiger partial charge in [-0.25, -0.2) is 0 Å². The van der Waals surface area contributed by atoms with E-state index in [2.05, 4.69) is 18.3 Å². The summed E-state index contributed by atoms with van der Waals surface area (Å²) in [5, 5.41) is 2.52. The Labute approximate surface area is 80.7 Å². The molecule has 1 amide bonds. The maximum absolute atomic E-state index is 10.7. The Morgan fingerprint density at radius 2 is 2.08 bits per heavy atom. The van der Waals surface area contributed by atoms with Gasteiger partial charge in [0.25, 0.3) is 0 Å². The van der Waals surface area contributed by atoms with Crippen LogP contribution in [-0.4, -0.2) is 13.0 Å². The van der Waals surface area contributed by atoms with Gasteiger partial charge in [-0.2, -0.15) is 0 Å². The van der Waals surface area contributed by atoms with Gasteiger partial charge in [0, 0.05) is 13.1 Å². The Morgan fingerprint density at radius 3 is 2.69 bits per heavy atom. The molecule has 0 bridgehead atoms. The largest absolute Gasteiger partial charge is 0.356 e. The van der Waals surface area contributed by atoms with Crippen LogP contribution in [0.15, 0.2) is 24.3 Å². The number of nitrogens with one attached hydrogen (secondary N) is 1. The van der Waals surface area contributed by atoms with Crippen molar-refractivity contribution in [2.75, 3.05) is 7.05 Å². The minimum Gasteiger partial charge on any atom is -0.356 e. The number of hydrogen-bond donors (Lipinski definition) is 1. The van der Waals surface area contributed by atoms with Gasteiger partial charge in [-0.3, -0.25) is 4.79 Å². The van der Waals surface area contributed by atoms with E-state index in [1.807, 2.05) is 6.08 Å². The molecule has 0 unspecified atom stereocenters. The summed E-state index contributed by atoms with van der Waals surface area (Å²) in [6, 6.07) is 0. The smallest absolute Gasteiger partial charge is 0.243 e. The third kappa shape index (κ3) is 8.86. The fourth-order valence-corrected chi connectivity index (χ4v) is 0.913. The van der Waals surface area contributed by atoms with E-state index in [0.717, 1.165) is 6.42 Å². The topological polar surface area (TPSA) is 29.1 Å². The molecule has 0 aromatic heterocycles. The van der Waals surface area contributed by atoms with Crippen LogP contribution in [-0.2, 0) is 4.79 Å². The lowest BCUT2D eigenvalue weighted by molar-refractivity contribution is -0.116. The Morgan fingerprint density at radius 1 is 1.31 bits per heavy atom. The first kappa shape index (κ1) is 11.9. The number of rotatable bonds is 6. The van der Waals surface area contributed by atoms with Crippen LogP contribution in [0.1, 0.15) is 32.6 Å². The quantitative estimate of drug-likeness (QED) is 0.380. The van der Waals surface area contributed by atoms with Gasteiger partial charge in [-0.15, -0.1) is 0 Å². The molecule has 13 heavy (non-hydrogen) atoms. The van der Waals surface area contributed by atoms with Crippen LogP contribution in [0.5, 0.6) is 0 Å². The maximum atomic E-state index is 10.7. The zero-order valence-electron chi connectivity index (χ0n) is 8.55. The van der Waals surface area contributed by atoms with Crippen LogP contribution in [0.25, 0.3) is 0 Å². The summed E-state index contributed by atoms with van der Waals surface area (Å²) >= 11 is 0. The van der Waals surface area contributed by atoms with Crippen molar-refractivity contribution in [1.82, 2.24) is 5.32 Å². The first-order valence-corrected chi connectivity index (χ1v) is 4.86. The second kappa shape index (κ2) is 9.04. The molecule has 0 saturated carbocycles. The summed E-state index contributed by atoms with van der Waals surface area (Å²) in [6.45, 7) is 2.19. The number of hydrogen-bond acceptors (Lipinski definition) is 1. The molecule has 0 aliphatic carbocycles. The highest BCUT2D eigenvalue weighted by atomic mass is 16.1. The number of likely N-dealkylation sites (N-methyl/N-ethyl adjacent to an activating group) is 1. The molecule has 0 fully saturated rings. The SMILES string of the molecule is CCCCCC=CC=CC(=O)NC. The van der Waals surface area contributed by atoms with Crippen LogP contribution < -0.4 is 5.32 Å². The molecule has 2 nitrogen and oxygen atoms in total. The monoisotopic (exact) mass is 181 g/mol. The normalized spacial score (nSPS) is 11.2. The summed E-state index contributed by atoms with van der Waals surface area (Å²) in [7, 11) is 1.62. The molecule has 74 valence electrons. The highest BCUT2D eigenvalue weighted by Crippen LogP contribution is 1.99. The van der Waals surface area contributed by atoms with Crippen molar-refractivity contribution in [3.8, 4) is 0 Å². The molecule has 0 heterocycles. The lowest BCUT2D eigenvalue weighted by atomic mass is 10.2. The van der Waals surface area contributed by atoms with Gasteiger partial charge in [-0.1, -0.05) is 38.0 Å². The van der Waals surface area contributed by atoms with E-state index in [0.29, 0.717) is 0 Å². The minimum atomic E-state index is -0.0572. The van der Waals surface area contributed by atoms with E-state index in [-0.39, 0.29) is 5.91 Å². The number of unbranched alkanes of at least 4 members (excludes halogenated alkanes) is 3. The van der Waals surface area contributed by atoms with Crippen LogP contribution in [0.4, 0.5) is 0 Å². The lowest BCUT2D eigenvalue weighted by Gasteiger charge is -1.90. The van der Waals surface area contributed by atoms with Crippen molar-refractivity contribution in [2.45, 2.75) is 32.6 Å². The highest BCUT2D eigenvalue weighted by molar-refractivity contribution is 5.87. The third-order valence-electron chi connectivity index (χ3n) is 1.72. The lowest BCUT2D eigenvalue weighted by Crippen LogP contribution is -2.13. The first-order valence-electron chi connectivity index (χ1n) is 4.86. The Hall–Kier alpha value is -1.05. The number of carbonyl (C=O) groups excluding carboxylic acids is 1. The summed E-state index contributed by atoms with van der Waals surface area (Å²) < 4.78 is 0. The van der Waals surface area contributed by atoms with E-state index >= 15 is 0 Å². The van der Waals surface area contributed by atoms with Crippen LogP contribution in [0.2, 0.25) is 0 Å². The van der Waals surface area contributed by atoms with E-state index in [9.17, 15) is 4.79 Å². The molecule has 0 saturated heterocycles. The second-order valence-corrected chi connectivity index (χ2v) is 2.90. The summed E-state index contributed by atoms with van der Waals surface area (Å²) in [4.78, 5) is 10.7. The Bertz CT molecular complexity index is 183. The van der Waals surface area contributed by atoms with E-state index in [1.165, 1.54) is 25.3 Å². The molecule has 0 rings (SSSR count).